The molecule has 0 aromatic heterocycles. The summed E-state index contributed by atoms with van der Waals surface area (Å²) < 4.78 is 0. The van der Waals surface area contributed by atoms with E-state index in [0.29, 0.717) is 10.7 Å². The van der Waals surface area contributed by atoms with Crippen LogP contribution in [0.1, 0.15) is 13.8 Å². The van der Waals surface area contributed by atoms with E-state index in [-0.39, 0.29) is 30.9 Å². The third-order valence-electron chi connectivity index (χ3n) is 3.11. The molecule has 0 spiro atoms. The summed E-state index contributed by atoms with van der Waals surface area (Å²) >= 11 is 5.78. The minimum atomic E-state index is -0.167. The molecule has 0 aliphatic heterocycles. The second-order valence-electron chi connectivity index (χ2n) is 5.33. The Hall–Kier alpha value is -1.59. The van der Waals surface area contributed by atoms with Crippen molar-refractivity contribution in [3.63, 3.8) is 0 Å². The first-order valence-corrected chi connectivity index (χ1v) is 7.17. The highest BCUT2D eigenvalue weighted by Crippen LogP contribution is 2.13. The smallest absolute Gasteiger partial charge is 0.238 e. The lowest BCUT2D eigenvalue weighted by Crippen LogP contribution is -2.42. The van der Waals surface area contributed by atoms with E-state index in [1.165, 1.54) is 0 Å². The number of hydrogen-bond acceptors (Lipinski definition) is 3. The highest BCUT2D eigenvalue weighted by atomic mass is 35.5. The van der Waals surface area contributed by atoms with Gasteiger partial charge in [-0.2, -0.15) is 0 Å². The standard InChI is InChI=1S/C15H22ClN3O2/c1-11(2)19(4)15(21)10-18(3)9-14(20)17-13-7-5-12(16)6-8-13/h5-8,11H,9-10H2,1-4H3,(H,17,20). The summed E-state index contributed by atoms with van der Waals surface area (Å²) in [4.78, 5) is 27.1. The fourth-order valence-electron chi connectivity index (χ4n) is 1.67. The highest BCUT2D eigenvalue weighted by Gasteiger charge is 2.15. The molecule has 6 heteroatoms. The summed E-state index contributed by atoms with van der Waals surface area (Å²) in [6, 6.07) is 7.04. The van der Waals surface area contributed by atoms with Gasteiger partial charge in [-0.05, 0) is 45.2 Å². The largest absolute Gasteiger partial charge is 0.342 e. The number of likely N-dealkylation sites (N-methyl/N-ethyl adjacent to an activating group) is 2. The van der Waals surface area contributed by atoms with Gasteiger partial charge in [0.1, 0.15) is 0 Å². The summed E-state index contributed by atoms with van der Waals surface area (Å²) in [6.45, 7) is 4.26. The topological polar surface area (TPSA) is 52.7 Å². The Balaban J connectivity index is 2.43. The lowest BCUT2D eigenvalue weighted by Gasteiger charge is -2.24. The number of nitrogens with one attached hydrogen (secondary N) is 1. The van der Waals surface area contributed by atoms with Gasteiger partial charge in [0.05, 0.1) is 13.1 Å². The summed E-state index contributed by atoms with van der Waals surface area (Å²) in [5.41, 5.74) is 0.684. The van der Waals surface area contributed by atoms with Crippen LogP contribution in [0.2, 0.25) is 5.02 Å². The molecule has 0 aliphatic carbocycles. The minimum absolute atomic E-state index is 0.00760. The van der Waals surface area contributed by atoms with E-state index in [9.17, 15) is 9.59 Å². The molecule has 21 heavy (non-hydrogen) atoms. The highest BCUT2D eigenvalue weighted by molar-refractivity contribution is 6.30. The normalized spacial score (nSPS) is 10.8. The van der Waals surface area contributed by atoms with E-state index in [2.05, 4.69) is 5.32 Å². The van der Waals surface area contributed by atoms with Gasteiger partial charge >= 0.3 is 0 Å². The molecule has 0 fully saturated rings. The Kier molecular flexibility index (Phi) is 6.65. The molecule has 1 N–H and O–H groups in total. The molecule has 0 bridgehead atoms. The average molecular weight is 312 g/mol. The van der Waals surface area contributed by atoms with Gasteiger partial charge in [0, 0.05) is 23.8 Å². The SMILES string of the molecule is CC(C)N(C)C(=O)CN(C)CC(=O)Nc1ccc(Cl)cc1. The number of carbonyl (C=O) groups is 2. The van der Waals surface area contributed by atoms with Gasteiger partial charge in [-0.1, -0.05) is 11.6 Å². The zero-order chi connectivity index (χ0) is 16.0. The quantitative estimate of drug-likeness (QED) is 0.875. The summed E-state index contributed by atoms with van der Waals surface area (Å²) in [6.07, 6.45) is 0. The number of hydrogen-bond donors (Lipinski definition) is 1. The predicted octanol–water partition coefficient (Wildman–Crippen LogP) is 2.08. The average Bonchev–Trinajstić information content (AvgIpc) is 2.39. The maximum Gasteiger partial charge on any atom is 0.238 e. The van der Waals surface area contributed by atoms with Crippen molar-refractivity contribution >= 4 is 29.1 Å². The van der Waals surface area contributed by atoms with Crippen LogP contribution in [0, 0.1) is 0 Å². The zero-order valence-electron chi connectivity index (χ0n) is 12.9. The monoisotopic (exact) mass is 311 g/mol. The van der Waals surface area contributed by atoms with Crippen molar-refractivity contribution in [2.45, 2.75) is 19.9 Å². The van der Waals surface area contributed by atoms with Crippen LogP contribution in [0.4, 0.5) is 5.69 Å². The van der Waals surface area contributed by atoms with Gasteiger partial charge < -0.3 is 10.2 Å². The Bertz CT molecular complexity index is 488. The van der Waals surface area contributed by atoms with Gasteiger partial charge in [-0.25, -0.2) is 0 Å². The van der Waals surface area contributed by atoms with Crippen molar-refractivity contribution in [3.8, 4) is 0 Å². The molecule has 1 rings (SSSR count). The number of benzene rings is 1. The molecule has 0 atom stereocenters. The fraction of sp³-hybridized carbons (Fsp3) is 0.467. The molecular weight excluding hydrogens is 290 g/mol. The van der Waals surface area contributed by atoms with Crippen molar-refractivity contribution < 1.29 is 9.59 Å². The molecule has 0 radical (unpaired) electrons. The van der Waals surface area contributed by atoms with Crippen molar-refractivity contribution in [1.29, 1.82) is 0 Å². The van der Waals surface area contributed by atoms with Gasteiger partial charge in [0.15, 0.2) is 0 Å². The van der Waals surface area contributed by atoms with Crippen LogP contribution in [0.5, 0.6) is 0 Å². The maximum atomic E-state index is 11.9. The van der Waals surface area contributed by atoms with Crippen LogP contribution in [0.3, 0.4) is 0 Å². The fourth-order valence-corrected chi connectivity index (χ4v) is 1.79. The van der Waals surface area contributed by atoms with E-state index in [0.717, 1.165) is 0 Å². The Morgan fingerprint density at radius 3 is 2.24 bits per heavy atom. The summed E-state index contributed by atoms with van der Waals surface area (Å²) in [7, 11) is 3.50. The number of amides is 2. The third kappa shape index (κ3) is 6.14. The summed E-state index contributed by atoms with van der Waals surface area (Å²) in [5, 5.41) is 3.38. The van der Waals surface area contributed by atoms with Gasteiger partial charge in [0.2, 0.25) is 11.8 Å². The number of nitrogens with zero attached hydrogens (tertiary/aromatic N) is 2. The van der Waals surface area contributed by atoms with E-state index >= 15 is 0 Å². The first-order chi connectivity index (χ1) is 9.79. The summed E-state index contributed by atoms with van der Waals surface area (Å²) in [5.74, 6) is -0.174. The number of rotatable bonds is 6. The van der Waals surface area contributed by atoms with Crippen molar-refractivity contribution in [3.05, 3.63) is 29.3 Å². The Morgan fingerprint density at radius 2 is 1.71 bits per heavy atom. The van der Waals surface area contributed by atoms with Gasteiger partial charge in [-0.3, -0.25) is 14.5 Å². The number of carbonyl (C=O) groups excluding carboxylic acids is 2. The van der Waals surface area contributed by atoms with Crippen molar-refractivity contribution in [2.24, 2.45) is 0 Å². The van der Waals surface area contributed by atoms with E-state index in [1.807, 2.05) is 13.8 Å². The second kappa shape index (κ2) is 8.00. The van der Waals surface area contributed by atoms with Crippen molar-refractivity contribution in [2.75, 3.05) is 32.5 Å². The molecule has 2 amide bonds. The van der Waals surface area contributed by atoms with Crippen LogP contribution in [-0.4, -0.2) is 54.8 Å². The molecule has 0 unspecified atom stereocenters. The molecule has 5 nitrogen and oxygen atoms in total. The molecule has 0 saturated carbocycles. The minimum Gasteiger partial charge on any atom is -0.342 e. The maximum absolute atomic E-state index is 11.9. The first kappa shape index (κ1) is 17.5. The molecule has 0 aliphatic rings. The zero-order valence-corrected chi connectivity index (χ0v) is 13.6. The molecule has 0 saturated heterocycles. The lowest BCUT2D eigenvalue weighted by molar-refractivity contribution is -0.132. The third-order valence-corrected chi connectivity index (χ3v) is 3.37. The van der Waals surface area contributed by atoms with Crippen LogP contribution in [0.15, 0.2) is 24.3 Å². The second-order valence-corrected chi connectivity index (χ2v) is 5.76. The van der Waals surface area contributed by atoms with Crippen molar-refractivity contribution in [1.82, 2.24) is 9.80 Å². The molecule has 1 aromatic carbocycles. The molecule has 116 valence electrons. The Labute approximate surface area is 130 Å². The van der Waals surface area contributed by atoms with E-state index in [4.69, 9.17) is 11.6 Å². The number of anilines is 1. The van der Waals surface area contributed by atoms with Crippen LogP contribution < -0.4 is 5.32 Å². The molecule has 1 aromatic rings. The predicted molar refractivity (Wildman–Crippen MR) is 85.5 cm³/mol. The number of halogens is 1. The Morgan fingerprint density at radius 1 is 1.14 bits per heavy atom. The molecule has 0 heterocycles. The van der Waals surface area contributed by atoms with Crippen LogP contribution in [-0.2, 0) is 9.59 Å². The molecular formula is C15H22ClN3O2. The van der Waals surface area contributed by atoms with E-state index < -0.39 is 0 Å². The van der Waals surface area contributed by atoms with Crippen LogP contribution >= 0.6 is 11.6 Å². The van der Waals surface area contributed by atoms with E-state index in [1.54, 1.807) is 48.2 Å². The lowest BCUT2D eigenvalue weighted by atomic mass is 10.3. The van der Waals surface area contributed by atoms with Crippen LogP contribution in [0.25, 0.3) is 0 Å². The van der Waals surface area contributed by atoms with Gasteiger partial charge in [-0.15, -0.1) is 0 Å². The first-order valence-electron chi connectivity index (χ1n) is 6.79. The van der Waals surface area contributed by atoms with Gasteiger partial charge in [0.25, 0.3) is 0 Å².